The van der Waals surface area contributed by atoms with E-state index < -0.39 is 0 Å². The van der Waals surface area contributed by atoms with Gasteiger partial charge in [-0.2, -0.15) is 4.98 Å². The molecule has 0 fully saturated rings. The Bertz CT molecular complexity index is 945. The Hall–Kier alpha value is -3.48. The molecule has 24 heavy (non-hydrogen) atoms. The van der Waals surface area contributed by atoms with Crippen LogP contribution in [-0.2, 0) is 0 Å². The molecule has 0 saturated carbocycles. The fraction of sp³-hybridized carbons (Fsp3) is 0.0588. The highest BCUT2D eigenvalue weighted by molar-refractivity contribution is 5.57. The van der Waals surface area contributed by atoms with E-state index in [9.17, 15) is 0 Å². The first-order valence-electron chi connectivity index (χ1n) is 7.30. The third kappa shape index (κ3) is 2.63. The van der Waals surface area contributed by atoms with Gasteiger partial charge in [-0.25, -0.2) is 4.68 Å². The summed E-state index contributed by atoms with van der Waals surface area (Å²) in [6.07, 6.45) is 1.76. The lowest BCUT2D eigenvalue weighted by Crippen LogP contribution is -1.93. The van der Waals surface area contributed by atoms with Gasteiger partial charge in [0.15, 0.2) is 5.69 Å². The average molecular weight is 319 g/mol. The van der Waals surface area contributed by atoms with Crippen molar-refractivity contribution in [3.05, 3.63) is 60.8 Å². The number of benzene rings is 2. The van der Waals surface area contributed by atoms with Gasteiger partial charge in [0.1, 0.15) is 5.75 Å². The summed E-state index contributed by atoms with van der Waals surface area (Å²) in [6.45, 7) is 0. The maximum absolute atomic E-state index is 5.31. The van der Waals surface area contributed by atoms with Crippen molar-refractivity contribution in [2.24, 2.45) is 0 Å². The van der Waals surface area contributed by atoms with Crippen molar-refractivity contribution in [3.8, 4) is 34.4 Å². The van der Waals surface area contributed by atoms with E-state index in [4.69, 9.17) is 9.26 Å². The summed E-state index contributed by atoms with van der Waals surface area (Å²) in [5.41, 5.74) is 2.27. The Morgan fingerprint density at radius 1 is 1.00 bits per heavy atom. The second kappa shape index (κ2) is 5.96. The number of para-hydroxylation sites is 1. The molecule has 4 aromatic rings. The summed E-state index contributed by atoms with van der Waals surface area (Å²) in [5.74, 6) is 1.58. The summed E-state index contributed by atoms with van der Waals surface area (Å²) in [5, 5.41) is 12.2. The van der Waals surface area contributed by atoms with Crippen molar-refractivity contribution in [2.75, 3.05) is 7.11 Å². The van der Waals surface area contributed by atoms with E-state index in [0.29, 0.717) is 17.4 Å². The maximum atomic E-state index is 5.31. The smallest absolute Gasteiger partial charge is 0.258 e. The standard InChI is InChI=1S/C17H13N5O2/c1-23-14-9-7-12(8-10-14)17-18-16(20-24-17)15-11-22(21-19-15)13-5-3-2-4-6-13/h2-11H,1H3. The first kappa shape index (κ1) is 14.1. The van der Waals surface area contributed by atoms with E-state index in [1.807, 2.05) is 54.6 Å². The predicted molar refractivity (Wildman–Crippen MR) is 86.6 cm³/mol. The molecule has 0 atom stereocenters. The van der Waals surface area contributed by atoms with Gasteiger partial charge in [0.05, 0.1) is 19.0 Å². The van der Waals surface area contributed by atoms with Crippen LogP contribution in [-0.4, -0.2) is 32.2 Å². The van der Waals surface area contributed by atoms with Crippen molar-refractivity contribution < 1.29 is 9.26 Å². The molecule has 2 aromatic heterocycles. The normalized spacial score (nSPS) is 10.7. The van der Waals surface area contributed by atoms with E-state index in [1.54, 1.807) is 18.0 Å². The summed E-state index contributed by atoms with van der Waals surface area (Å²) < 4.78 is 12.1. The van der Waals surface area contributed by atoms with Crippen LogP contribution in [0.5, 0.6) is 5.75 Å². The van der Waals surface area contributed by atoms with Crippen LogP contribution in [0.1, 0.15) is 0 Å². The highest BCUT2D eigenvalue weighted by Crippen LogP contribution is 2.23. The van der Waals surface area contributed by atoms with Crippen LogP contribution < -0.4 is 4.74 Å². The van der Waals surface area contributed by atoms with Gasteiger partial charge in [-0.05, 0) is 36.4 Å². The molecule has 2 heterocycles. The number of methoxy groups -OCH3 is 1. The van der Waals surface area contributed by atoms with Crippen LogP contribution in [0.4, 0.5) is 0 Å². The van der Waals surface area contributed by atoms with Gasteiger partial charge < -0.3 is 9.26 Å². The topological polar surface area (TPSA) is 78.9 Å². The van der Waals surface area contributed by atoms with Crippen molar-refractivity contribution in [3.63, 3.8) is 0 Å². The summed E-state index contributed by atoms with van der Waals surface area (Å²) in [7, 11) is 1.62. The lowest BCUT2D eigenvalue weighted by molar-refractivity contribution is 0.414. The summed E-state index contributed by atoms with van der Waals surface area (Å²) in [6, 6.07) is 17.1. The Kier molecular flexibility index (Phi) is 3.51. The first-order chi connectivity index (χ1) is 11.8. The highest BCUT2D eigenvalue weighted by Gasteiger charge is 2.14. The monoisotopic (exact) mass is 319 g/mol. The molecular weight excluding hydrogens is 306 g/mol. The van der Waals surface area contributed by atoms with E-state index >= 15 is 0 Å². The van der Waals surface area contributed by atoms with Gasteiger partial charge in [-0.15, -0.1) is 5.10 Å². The molecule has 0 radical (unpaired) electrons. The molecule has 0 bridgehead atoms. The average Bonchev–Trinajstić information content (AvgIpc) is 3.32. The lowest BCUT2D eigenvalue weighted by atomic mass is 10.2. The molecule has 0 spiro atoms. The molecule has 2 aromatic carbocycles. The third-order valence-electron chi connectivity index (χ3n) is 3.51. The molecule has 7 nitrogen and oxygen atoms in total. The summed E-state index contributed by atoms with van der Waals surface area (Å²) in [4.78, 5) is 4.38. The molecule has 7 heteroatoms. The molecule has 0 amide bonds. The minimum absolute atomic E-state index is 0.392. The van der Waals surface area contributed by atoms with Crippen LogP contribution in [0.15, 0.2) is 65.3 Å². The van der Waals surface area contributed by atoms with Crippen molar-refractivity contribution in [1.29, 1.82) is 0 Å². The second-order valence-corrected chi connectivity index (χ2v) is 5.04. The van der Waals surface area contributed by atoms with Crippen molar-refractivity contribution >= 4 is 0 Å². The minimum Gasteiger partial charge on any atom is -0.497 e. The van der Waals surface area contributed by atoms with Crippen LogP contribution >= 0.6 is 0 Å². The SMILES string of the molecule is COc1ccc(-c2nc(-c3cn(-c4ccccc4)nn3)no2)cc1. The molecule has 0 aliphatic carbocycles. The Morgan fingerprint density at radius 2 is 1.79 bits per heavy atom. The highest BCUT2D eigenvalue weighted by atomic mass is 16.5. The molecule has 0 unspecified atom stereocenters. The Labute approximate surface area is 137 Å². The van der Waals surface area contributed by atoms with Gasteiger partial charge in [-0.1, -0.05) is 28.6 Å². The fourth-order valence-electron chi connectivity index (χ4n) is 2.25. The maximum Gasteiger partial charge on any atom is 0.258 e. The molecule has 4 rings (SSSR count). The number of hydrogen-bond donors (Lipinski definition) is 0. The van der Waals surface area contributed by atoms with Crippen molar-refractivity contribution in [1.82, 2.24) is 25.1 Å². The first-order valence-corrected chi connectivity index (χ1v) is 7.30. The molecule has 0 N–H and O–H groups in total. The van der Waals surface area contributed by atoms with Crippen LogP contribution in [0.3, 0.4) is 0 Å². The number of aromatic nitrogens is 5. The predicted octanol–water partition coefficient (Wildman–Crippen LogP) is 2.99. The molecule has 0 aliphatic rings. The number of rotatable bonds is 4. The molecule has 0 aliphatic heterocycles. The zero-order valence-electron chi connectivity index (χ0n) is 12.8. The van der Waals surface area contributed by atoms with Crippen LogP contribution in [0.2, 0.25) is 0 Å². The zero-order chi connectivity index (χ0) is 16.4. The van der Waals surface area contributed by atoms with Crippen molar-refractivity contribution in [2.45, 2.75) is 0 Å². The van der Waals surface area contributed by atoms with Gasteiger partial charge in [0.25, 0.3) is 5.89 Å². The molecular formula is C17H13N5O2. The minimum atomic E-state index is 0.392. The van der Waals surface area contributed by atoms with E-state index in [1.165, 1.54) is 0 Å². The number of nitrogens with zero attached hydrogens (tertiary/aromatic N) is 5. The Morgan fingerprint density at radius 3 is 2.54 bits per heavy atom. The Balaban J connectivity index is 1.62. The van der Waals surface area contributed by atoms with Crippen LogP contribution in [0, 0.1) is 0 Å². The quantitative estimate of drug-likeness (QED) is 0.575. The molecule has 118 valence electrons. The van der Waals surface area contributed by atoms with Gasteiger partial charge >= 0.3 is 0 Å². The van der Waals surface area contributed by atoms with Crippen LogP contribution in [0.25, 0.3) is 28.7 Å². The zero-order valence-corrected chi connectivity index (χ0v) is 12.8. The van der Waals surface area contributed by atoms with E-state index in [-0.39, 0.29) is 0 Å². The molecule has 0 saturated heterocycles. The second-order valence-electron chi connectivity index (χ2n) is 5.04. The van der Waals surface area contributed by atoms with Gasteiger partial charge in [0, 0.05) is 5.56 Å². The van der Waals surface area contributed by atoms with E-state index in [2.05, 4.69) is 20.5 Å². The summed E-state index contributed by atoms with van der Waals surface area (Å²) >= 11 is 0. The van der Waals surface area contributed by atoms with Gasteiger partial charge in [-0.3, -0.25) is 0 Å². The lowest BCUT2D eigenvalue weighted by Gasteiger charge is -1.98. The third-order valence-corrected chi connectivity index (χ3v) is 3.51. The fourth-order valence-corrected chi connectivity index (χ4v) is 2.25. The van der Waals surface area contributed by atoms with Gasteiger partial charge in [0.2, 0.25) is 5.82 Å². The largest absolute Gasteiger partial charge is 0.497 e. The van der Waals surface area contributed by atoms with E-state index in [0.717, 1.165) is 17.0 Å². The number of ether oxygens (including phenoxy) is 1. The number of hydrogen-bond acceptors (Lipinski definition) is 6.